The van der Waals surface area contributed by atoms with Crippen LogP contribution < -0.4 is 11.5 Å². The summed E-state index contributed by atoms with van der Waals surface area (Å²) in [5.74, 6) is -0.278. The third-order valence-corrected chi connectivity index (χ3v) is 3.84. The summed E-state index contributed by atoms with van der Waals surface area (Å²) in [6.07, 6.45) is 2.89. The summed E-state index contributed by atoms with van der Waals surface area (Å²) in [4.78, 5) is 16.7. The first-order valence-electron chi connectivity index (χ1n) is 7.56. The third kappa shape index (κ3) is 3.62. The molecule has 116 valence electrons. The number of hydrogen-bond acceptors (Lipinski definition) is 3. The first-order chi connectivity index (χ1) is 11.1. The van der Waals surface area contributed by atoms with Crippen molar-refractivity contribution in [3.63, 3.8) is 0 Å². The molecule has 3 rings (SSSR count). The third-order valence-electron chi connectivity index (χ3n) is 3.84. The SMILES string of the molecule is NC1(N)CC=C(c2ccccc2)C(=NC(=O)c2ccccc2)C1. The maximum atomic E-state index is 12.4. The van der Waals surface area contributed by atoms with E-state index in [0.717, 1.165) is 11.1 Å². The number of allylic oxidation sites excluding steroid dienone is 1. The van der Waals surface area contributed by atoms with E-state index in [4.69, 9.17) is 11.5 Å². The van der Waals surface area contributed by atoms with Crippen molar-refractivity contribution in [1.82, 2.24) is 0 Å². The Kier molecular flexibility index (Phi) is 4.19. The van der Waals surface area contributed by atoms with Gasteiger partial charge >= 0.3 is 0 Å². The number of nitrogens with two attached hydrogens (primary N) is 2. The average Bonchev–Trinajstić information content (AvgIpc) is 2.56. The molecular formula is C19H19N3O. The minimum absolute atomic E-state index is 0.278. The van der Waals surface area contributed by atoms with Gasteiger partial charge < -0.3 is 11.5 Å². The van der Waals surface area contributed by atoms with Gasteiger partial charge in [0.25, 0.3) is 5.91 Å². The molecule has 2 aromatic carbocycles. The first-order valence-corrected chi connectivity index (χ1v) is 7.56. The zero-order valence-electron chi connectivity index (χ0n) is 12.8. The molecule has 0 bridgehead atoms. The van der Waals surface area contributed by atoms with E-state index < -0.39 is 5.66 Å². The number of aliphatic imine (C=N–C) groups is 1. The summed E-state index contributed by atoms with van der Waals surface area (Å²) in [6, 6.07) is 18.9. The number of carbonyl (C=O) groups excluding carboxylic acids is 1. The van der Waals surface area contributed by atoms with Crippen LogP contribution in [0.3, 0.4) is 0 Å². The molecule has 1 aliphatic rings. The van der Waals surface area contributed by atoms with Crippen molar-refractivity contribution >= 4 is 17.2 Å². The molecule has 1 amide bonds. The maximum Gasteiger partial charge on any atom is 0.277 e. The van der Waals surface area contributed by atoms with Crippen LogP contribution in [-0.2, 0) is 0 Å². The zero-order chi connectivity index (χ0) is 16.3. The van der Waals surface area contributed by atoms with Crippen molar-refractivity contribution in [3.05, 3.63) is 77.9 Å². The lowest BCUT2D eigenvalue weighted by molar-refractivity contribution is 0.100. The molecule has 0 saturated carbocycles. The topological polar surface area (TPSA) is 81.5 Å². The molecule has 0 fully saturated rings. The molecule has 0 spiro atoms. The van der Waals surface area contributed by atoms with Gasteiger partial charge in [0.15, 0.2) is 0 Å². The predicted molar refractivity (Wildman–Crippen MR) is 93.0 cm³/mol. The molecule has 23 heavy (non-hydrogen) atoms. The fraction of sp³-hybridized carbons (Fsp3) is 0.158. The Morgan fingerprint density at radius 2 is 1.57 bits per heavy atom. The van der Waals surface area contributed by atoms with Gasteiger partial charge in [-0.25, -0.2) is 4.99 Å². The van der Waals surface area contributed by atoms with Gasteiger partial charge in [-0.2, -0.15) is 0 Å². The van der Waals surface area contributed by atoms with Gasteiger partial charge in [0.2, 0.25) is 0 Å². The molecule has 2 aromatic rings. The Bertz CT molecular complexity index is 762. The highest BCUT2D eigenvalue weighted by atomic mass is 16.1. The molecule has 0 heterocycles. The summed E-state index contributed by atoms with van der Waals surface area (Å²) in [5.41, 5.74) is 14.4. The van der Waals surface area contributed by atoms with Gasteiger partial charge in [-0.15, -0.1) is 0 Å². The second kappa shape index (κ2) is 6.28. The van der Waals surface area contributed by atoms with Crippen molar-refractivity contribution in [2.75, 3.05) is 0 Å². The standard InChI is InChI=1S/C19H19N3O/c20-19(21)12-11-16(14-7-3-1-4-8-14)17(13-19)22-18(23)15-9-5-2-6-10-15/h1-11H,12-13,20-21H2. The molecule has 4 nitrogen and oxygen atoms in total. The van der Waals surface area contributed by atoms with Gasteiger partial charge in [0, 0.05) is 12.0 Å². The summed E-state index contributed by atoms with van der Waals surface area (Å²) in [5, 5.41) is 0. The predicted octanol–water partition coefficient (Wildman–Crippen LogP) is 2.76. The number of nitrogens with zero attached hydrogens (tertiary/aromatic N) is 1. The quantitative estimate of drug-likeness (QED) is 0.837. The fourth-order valence-corrected chi connectivity index (χ4v) is 2.66. The summed E-state index contributed by atoms with van der Waals surface area (Å²) in [6.45, 7) is 0. The second-order valence-corrected chi connectivity index (χ2v) is 5.83. The van der Waals surface area contributed by atoms with E-state index in [1.807, 2.05) is 54.6 Å². The highest BCUT2D eigenvalue weighted by Gasteiger charge is 2.28. The Morgan fingerprint density at radius 1 is 0.957 bits per heavy atom. The van der Waals surface area contributed by atoms with Gasteiger partial charge in [0.1, 0.15) is 0 Å². The van der Waals surface area contributed by atoms with Crippen LogP contribution in [-0.4, -0.2) is 17.3 Å². The fourth-order valence-electron chi connectivity index (χ4n) is 2.66. The van der Waals surface area contributed by atoms with Crippen LogP contribution in [0.1, 0.15) is 28.8 Å². The molecule has 0 aromatic heterocycles. The molecule has 4 heteroatoms. The molecule has 1 aliphatic carbocycles. The van der Waals surface area contributed by atoms with Crippen LogP contribution in [0, 0.1) is 0 Å². The van der Waals surface area contributed by atoms with Crippen molar-refractivity contribution in [1.29, 1.82) is 0 Å². The zero-order valence-corrected chi connectivity index (χ0v) is 12.8. The van der Waals surface area contributed by atoms with Crippen molar-refractivity contribution in [2.24, 2.45) is 16.5 Å². The summed E-state index contributed by atoms with van der Waals surface area (Å²) < 4.78 is 0. The van der Waals surface area contributed by atoms with E-state index in [0.29, 0.717) is 24.1 Å². The Hall–Kier alpha value is -2.56. The molecule has 0 unspecified atom stereocenters. The van der Waals surface area contributed by atoms with Gasteiger partial charge in [-0.1, -0.05) is 54.6 Å². The largest absolute Gasteiger partial charge is 0.313 e. The number of benzene rings is 2. The maximum absolute atomic E-state index is 12.4. The second-order valence-electron chi connectivity index (χ2n) is 5.83. The minimum Gasteiger partial charge on any atom is -0.313 e. The molecule has 0 radical (unpaired) electrons. The highest BCUT2D eigenvalue weighted by Crippen LogP contribution is 2.27. The van der Waals surface area contributed by atoms with Crippen LogP contribution >= 0.6 is 0 Å². The summed E-state index contributed by atoms with van der Waals surface area (Å²) in [7, 11) is 0. The smallest absolute Gasteiger partial charge is 0.277 e. The Morgan fingerprint density at radius 3 is 2.22 bits per heavy atom. The molecule has 0 aliphatic heterocycles. The average molecular weight is 305 g/mol. The van der Waals surface area contributed by atoms with Crippen LogP contribution in [0.2, 0.25) is 0 Å². The molecule has 0 saturated heterocycles. The number of amides is 1. The van der Waals surface area contributed by atoms with Crippen LogP contribution in [0.25, 0.3) is 5.57 Å². The Labute approximate surface area is 135 Å². The minimum atomic E-state index is -0.867. The van der Waals surface area contributed by atoms with E-state index in [9.17, 15) is 4.79 Å². The lowest BCUT2D eigenvalue weighted by atomic mass is 9.85. The lowest BCUT2D eigenvalue weighted by Crippen LogP contribution is -2.52. The van der Waals surface area contributed by atoms with Crippen LogP contribution in [0.15, 0.2) is 71.7 Å². The van der Waals surface area contributed by atoms with Crippen LogP contribution in [0.4, 0.5) is 0 Å². The van der Waals surface area contributed by atoms with E-state index in [-0.39, 0.29) is 5.91 Å². The first kappa shape index (κ1) is 15.3. The molecule has 4 N–H and O–H groups in total. The monoisotopic (exact) mass is 305 g/mol. The lowest BCUT2D eigenvalue weighted by Gasteiger charge is -2.29. The van der Waals surface area contributed by atoms with Gasteiger partial charge in [-0.3, -0.25) is 4.79 Å². The van der Waals surface area contributed by atoms with E-state index in [1.54, 1.807) is 12.1 Å². The van der Waals surface area contributed by atoms with Crippen LogP contribution in [0.5, 0.6) is 0 Å². The van der Waals surface area contributed by atoms with Crippen molar-refractivity contribution < 1.29 is 4.79 Å². The molecular weight excluding hydrogens is 286 g/mol. The number of carbonyl (C=O) groups is 1. The van der Waals surface area contributed by atoms with Crippen molar-refractivity contribution in [2.45, 2.75) is 18.5 Å². The van der Waals surface area contributed by atoms with E-state index in [2.05, 4.69) is 4.99 Å². The van der Waals surface area contributed by atoms with Crippen molar-refractivity contribution in [3.8, 4) is 0 Å². The number of hydrogen-bond donors (Lipinski definition) is 2. The summed E-state index contributed by atoms with van der Waals surface area (Å²) >= 11 is 0. The number of rotatable bonds is 2. The highest BCUT2D eigenvalue weighted by molar-refractivity contribution is 6.28. The van der Waals surface area contributed by atoms with Gasteiger partial charge in [-0.05, 0) is 29.7 Å². The molecule has 0 atom stereocenters. The van der Waals surface area contributed by atoms with E-state index >= 15 is 0 Å². The Balaban J connectivity index is 1.99. The van der Waals surface area contributed by atoms with E-state index in [1.165, 1.54) is 0 Å². The van der Waals surface area contributed by atoms with Gasteiger partial charge in [0.05, 0.1) is 11.4 Å². The normalized spacial score (nSPS) is 18.5.